The van der Waals surface area contributed by atoms with Gasteiger partial charge in [0.25, 0.3) is 0 Å². The molecule has 0 radical (unpaired) electrons. The van der Waals surface area contributed by atoms with Crippen LogP contribution in [-0.4, -0.2) is 47.2 Å². The quantitative estimate of drug-likeness (QED) is 0.758. The van der Waals surface area contributed by atoms with E-state index in [1.54, 1.807) is 18.6 Å². The average molecular weight is 334 g/mol. The van der Waals surface area contributed by atoms with Crippen LogP contribution in [0.15, 0.2) is 18.6 Å². The monoisotopic (exact) mass is 334 g/mol. The number of hydrogen-bond acceptors (Lipinski definition) is 5. The molecule has 6 nitrogen and oxygen atoms in total. The molecule has 0 saturated carbocycles. The van der Waals surface area contributed by atoms with E-state index in [0.29, 0.717) is 18.4 Å². The molecule has 24 heavy (non-hydrogen) atoms. The predicted molar refractivity (Wildman–Crippen MR) is 94.6 cm³/mol. The lowest BCUT2D eigenvalue weighted by Gasteiger charge is -2.32. The van der Waals surface area contributed by atoms with Crippen LogP contribution in [-0.2, 0) is 4.79 Å². The molecule has 0 spiro atoms. The van der Waals surface area contributed by atoms with Crippen molar-refractivity contribution >= 4 is 11.7 Å². The van der Waals surface area contributed by atoms with Gasteiger partial charge in [-0.25, -0.2) is 4.98 Å². The normalized spacial score (nSPS) is 17.1. The van der Waals surface area contributed by atoms with Crippen molar-refractivity contribution in [3.05, 3.63) is 18.6 Å². The Morgan fingerprint density at radius 1 is 1.38 bits per heavy atom. The lowest BCUT2D eigenvalue weighted by molar-refractivity contribution is -0.125. The highest BCUT2D eigenvalue weighted by atomic mass is 16.3. The van der Waals surface area contributed by atoms with E-state index in [0.717, 1.165) is 44.6 Å². The zero-order chi connectivity index (χ0) is 17.4. The minimum Gasteiger partial charge on any atom is -0.396 e. The number of anilines is 1. The summed E-state index contributed by atoms with van der Waals surface area (Å²) in [5.41, 5.74) is 0. The molecule has 1 atom stereocenters. The lowest BCUT2D eigenvalue weighted by atomic mass is 9.93. The van der Waals surface area contributed by atoms with E-state index in [1.807, 2.05) is 0 Å². The van der Waals surface area contributed by atoms with Crippen LogP contribution in [0.1, 0.15) is 39.5 Å². The van der Waals surface area contributed by atoms with Gasteiger partial charge in [-0.05, 0) is 37.5 Å². The highest BCUT2D eigenvalue weighted by Crippen LogP contribution is 2.21. The third kappa shape index (κ3) is 5.74. The SMILES string of the molecule is CC(C)CC(CCO)CNC(=O)C1CCN(c2cnccn2)CC1. The van der Waals surface area contributed by atoms with Crippen LogP contribution >= 0.6 is 0 Å². The Kier molecular flexibility index (Phi) is 7.43. The molecule has 1 aliphatic heterocycles. The van der Waals surface area contributed by atoms with Crippen LogP contribution < -0.4 is 10.2 Å². The fourth-order valence-corrected chi connectivity index (χ4v) is 3.37. The number of nitrogens with zero attached hydrogens (tertiary/aromatic N) is 3. The van der Waals surface area contributed by atoms with E-state index < -0.39 is 0 Å². The van der Waals surface area contributed by atoms with Crippen molar-refractivity contribution in [2.75, 3.05) is 31.1 Å². The topological polar surface area (TPSA) is 78.4 Å². The number of aliphatic hydroxyl groups is 1. The van der Waals surface area contributed by atoms with E-state index in [-0.39, 0.29) is 18.4 Å². The summed E-state index contributed by atoms with van der Waals surface area (Å²) in [6.45, 7) is 6.88. The van der Waals surface area contributed by atoms with Gasteiger partial charge in [-0.15, -0.1) is 0 Å². The number of rotatable bonds is 8. The van der Waals surface area contributed by atoms with E-state index >= 15 is 0 Å². The van der Waals surface area contributed by atoms with Gasteiger partial charge >= 0.3 is 0 Å². The first kappa shape index (κ1) is 18.6. The van der Waals surface area contributed by atoms with Crippen LogP contribution in [0.25, 0.3) is 0 Å². The number of aromatic nitrogens is 2. The Labute approximate surface area is 144 Å². The Morgan fingerprint density at radius 3 is 2.71 bits per heavy atom. The van der Waals surface area contributed by atoms with Gasteiger partial charge in [0.15, 0.2) is 0 Å². The molecule has 134 valence electrons. The first-order valence-corrected chi connectivity index (χ1v) is 8.99. The van der Waals surface area contributed by atoms with Crippen molar-refractivity contribution in [3.63, 3.8) is 0 Å². The summed E-state index contributed by atoms with van der Waals surface area (Å²) >= 11 is 0. The molecule has 0 aromatic carbocycles. The van der Waals surface area contributed by atoms with Crippen LogP contribution in [0, 0.1) is 17.8 Å². The summed E-state index contributed by atoms with van der Waals surface area (Å²) in [7, 11) is 0. The second-order valence-electron chi connectivity index (χ2n) is 7.08. The van der Waals surface area contributed by atoms with Crippen molar-refractivity contribution in [1.29, 1.82) is 0 Å². The van der Waals surface area contributed by atoms with Gasteiger partial charge in [0.05, 0.1) is 6.20 Å². The fourth-order valence-electron chi connectivity index (χ4n) is 3.37. The molecule has 1 saturated heterocycles. The summed E-state index contributed by atoms with van der Waals surface area (Å²) < 4.78 is 0. The number of aliphatic hydroxyl groups excluding tert-OH is 1. The molecular weight excluding hydrogens is 304 g/mol. The van der Waals surface area contributed by atoms with Crippen molar-refractivity contribution in [2.45, 2.75) is 39.5 Å². The fraction of sp³-hybridized carbons (Fsp3) is 0.722. The lowest BCUT2D eigenvalue weighted by Crippen LogP contribution is -2.42. The standard InChI is InChI=1S/C18H30N4O2/c1-14(2)11-15(5-10-23)12-21-18(24)16-3-8-22(9-4-16)17-13-19-6-7-20-17/h6-7,13-16,23H,3-5,8-12H2,1-2H3,(H,21,24). The molecule has 2 heterocycles. The predicted octanol–water partition coefficient (Wildman–Crippen LogP) is 1.85. The zero-order valence-corrected chi connectivity index (χ0v) is 14.8. The summed E-state index contributed by atoms with van der Waals surface area (Å²) in [5.74, 6) is 2.05. The molecule has 1 aromatic rings. The van der Waals surface area contributed by atoms with Crippen LogP contribution in [0.4, 0.5) is 5.82 Å². The Bertz CT molecular complexity index is 487. The van der Waals surface area contributed by atoms with Gasteiger partial charge in [-0.3, -0.25) is 9.78 Å². The van der Waals surface area contributed by atoms with Crippen molar-refractivity contribution in [3.8, 4) is 0 Å². The minimum atomic E-state index is 0.0757. The summed E-state index contributed by atoms with van der Waals surface area (Å²) in [6.07, 6.45) is 8.61. The molecule has 2 rings (SSSR count). The Morgan fingerprint density at radius 2 is 2.12 bits per heavy atom. The van der Waals surface area contributed by atoms with E-state index in [2.05, 4.69) is 34.0 Å². The number of piperidine rings is 1. The number of carbonyl (C=O) groups is 1. The van der Waals surface area contributed by atoms with Gasteiger partial charge in [-0.2, -0.15) is 0 Å². The second kappa shape index (κ2) is 9.57. The molecule has 1 fully saturated rings. The highest BCUT2D eigenvalue weighted by Gasteiger charge is 2.26. The van der Waals surface area contributed by atoms with E-state index in [9.17, 15) is 9.90 Å². The molecule has 0 bridgehead atoms. The largest absolute Gasteiger partial charge is 0.396 e. The minimum absolute atomic E-state index is 0.0757. The molecule has 1 unspecified atom stereocenters. The molecule has 1 amide bonds. The smallest absolute Gasteiger partial charge is 0.223 e. The third-order valence-corrected chi connectivity index (χ3v) is 4.65. The van der Waals surface area contributed by atoms with Crippen LogP contribution in [0.5, 0.6) is 0 Å². The first-order chi connectivity index (χ1) is 11.6. The summed E-state index contributed by atoms with van der Waals surface area (Å²) in [5, 5.41) is 12.3. The van der Waals surface area contributed by atoms with Crippen molar-refractivity contribution in [1.82, 2.24) is 15.3 Å². The van der Waals surface area contributed by atoms with E-state index in [4.69, 9.17) is 0 Å². The van der Waals surface area contributed by atoms with Gasteiger partial charge in [0.1, 0.15) is 5.82 Å². The summed E-state index contributed by atoms with van der Waals surface area (Å²) in [4.78, 5) is 23.0. The third-order valence-electron chi connectivity index (χ3n) is 4.65. The van der Waals surface area contributed by atoms with Gasteiger partial charge < -0.3 is 15.3 Å². The molecule has 6 heteroatoms. The Hall–Kier alpha value is -1.69. The highest BCUT2D eigenvalue weighted by molar-refractivity contribution is 5.78. The van der Waals surface area contributed by atoms with Gasteiger partial charge in [-0.1, -0.05) is 13.8 Å². The Balaban J connectivity index is 1.76. The molecule has 1 aromatic heterocycles. The summed E-state index contributed by atoms with van der Waals surface area (Å²) in [6, 6.07) is 0. The number of nitrogens with one attached hydrogen (secondary N) is 1. The zero-order valence-electron chi connectivity index (χ0n) is 14.8. The van der Waals surface area contributed by atoms with Crippen molar-refractivity contribution in [2.24, 2.45) is 17.8 Å². The van der Waals surface area contributed by atoms with Gasteiger partial charge in [0.2, 0.25) is 5.91 Å². The van der Waals surface area contributed by atoms with Gasteiger partial charge in [0, 0.05) is 44.6 Å². The van der Waals surface area contributed by atoms with Crippen LogP contribution in [0.3, 0.4) is 0 Å². The second-order valence-corrected chi connectivity index (χ2v) is 7.08. The maximum atomic E-state index is 12.4. The van der Waals surface area contributed by atoms with Crippen molar-refractivity contribution < 1.29 is 9.90 Å². The average Bonchev–Trinajstić information content (AvgIpc) is 2.60. The van der Waals surface area contributed by atoms with Crippen LogP contribution in [0.2, 0.25) is 0 Å². The molecular formula is C18H30N4O2. The molecule has 0 aliphatic carbocycles. The number of carbonyl (C=O) groups excluding carboxylic acids is 1. The number of amides is 1. The maximum absolute atomic E-state index is 12.4. The molecule has 2 N–H and O–H groups in total. The first-order valence-electron chi connectivity index (χ1n) is 8.99. The van der Waals surface area contributed by atoms with E-state index in [1.165, 1.54) is 0 Å². The molecule has 1 aliphatic rings. The maximum Gasteiger partial charge on any atom is 0.223 e. The number of hydrogen-bond donors (Lipinski definition) is 2.